The van der Waals surface area contributed by atoms with Crippen LogP contribution in [0.25, 0.3) is 0 Å². The molecule has 2 rings (SSSR count). The average molecular weight is 292 g/mol. The number of carboxylic acids is 1. The van der Waals surface area contributed by atoms with Crippen LogP contribution < -0.4 is 11.1 Å². The summed E-state index contributed by atoms with van der Waals surface area (Å²) in [6.45, 7) is 0. The molecule has 0 bridgehead atoms. The van der Waals surface area contributed by atoms with Crippen molar-refractivity contribution in [2.75, 3.05) is 0 Å². The van der Waals surface area contributed by atoms with E-state index < -0.39 is 12.0 Å². The number of hydrogen-bond donors (Lipinski definition) is 4. The number of carboxylic acid groups (broad SMARTS) is 1. The van der Waals surface area contributed by atoms with Gasteiger partial charge in [0.1, 0.15) is 11.8 Å². The molecule has 0 saturated heterocycles. The molecule has 6 nitrogen and oxygen atoms in total. The zero-order valence-corrected chi connectivity index (χ0v) is 11.7. The maximum atomic E-state index is 12.1. The summed E-state index contributed by atoms with van der Waals surface area (Å²) in [5.41, 5.74) is 6.51. The van der Waals surface area contributed by atoms with E-state index >= 15 is 0 Å². The van der Waals surface area contributed by atoms with E-state index in [4.69, 9.17) is 5.73 Å². The van der Waals surface area contributed by atoms with Crippen LogP contribution in [-0.4, -0.2) is 34.2 Å². The van der Waals surface area contributed by atoms with Gasteiger partial charge in [0.2, 0.25) is 5.91 Å². The molecular weight excluding hydrogens is 272 g/mol. The van der Waals surface area contributed by atoms with Crippen LogP contribution in [0.15, 0.2) is 24.3 Å². The molecule has 1 aliphatic carbocycles. The van der Waals surface area contributed by atoms with E-state index in [2.05, 4.69) is 5.32 Å². The van der Waals surface area contributed by atoms with Crippen molar-refractivity contribution in [3.63, 3.8) is 0 Å². The van der Waals surface area contributed by atoms with Crippen LogP contribution in [0.3, 0.4) is 0 Å². The first-order chi connectivity index (χ1) is 9.95. The van der Waals surface area contributed by atoms with E-state index in [1.807, 2.05) is 0 Å². The highest BCUT2D eigenvalue weighted by Gasteiger charge is 2.30. The number of benzene rings is 1. The van der Waals surface area contributed by atoms with E-state index in [0.29, 0.717) is 12.8 Å². The number of carbonyl (C=O) groups excluding carboxylic acids is 1. The van der Waals surface area contributed by atoms with E-state index in [-0.39, 0.29) is 30.0 Å². The van der Waals surface area contributed by atoms with E-state index in [1.54, 1.807) is 12.1 Å². The Kier molecular flexibility index (Phi) is 4.80. The van der Waals surface area contributed by atoms with Crippen molar-refractivity contribution < 1.29 is 19.8 Å². The topological polar surface area (TPSA) is 113 Å². The van der Waals surface area contributed by atoms with Gasteiger partial charge in [-0.3, -0.25) is 4.79 Å². The predicted octanol–water partition coefficient (Wildman–Crippen LogP) is 0.631. The Morgan fingerprint density at radius 1 is 1.29 bits per heavy atom. The number of aromatic hydroxyl groups is 1. The van der Waals surface area contributed by atoms with Gasteiger partial charge < -0.3 is 21.3 Å². The van der Waals surface area contributed by atoms with Crippen LogP contribution in [0.2, 0.25) is 0 Å². The van der Waals surface area contributed by atoms with Gasteiger partial charge in [0.25, 0.3) is 0 Å². The SMILES string of the molecule is NC1CCC(C(=O)NC(Cc2ccc(O)cc2)C(=O)O)C1. The van der Waals surface area contributed by atoms with Crippen LogP contribution in [0.4, 0.5) is 0 Å². The number of hydrogen-bond acceptors (Lipinski definition) is 4. The Labute approximate surface area is 123 Å². The Hall–Kier alpha value is -2.08. The second-order valence-corrected chi connectivity index (χ2v) is 5.54. The van der Waals surface area contributed by atoms with Crippen LogP contribution >= 0.6 is 0 Å². The Morgan fingerprint density at radius 2 is 1.95 bits per heavy atom. The first kappa shape index (κ1) is 15.3. The first-order valence-corrected chi connectivity index (χ1v) is 7.02. The standard InChI is InChI=1S/C15H20N2O4/c16-11-4-3-10(8-11)14(19)17-13(15(20)21)7-9-1-5-12(18)6-2-9/h1-2,5-6,10-11,13,18H,3-4,7-8,16H2,(H,17,19)(H,20,21). The van der Waals surface area contributed by atoms with Crippen LogP contribution in [-0.2, 0) is 16.0 Å². The molecule has 0 spiro atoms. The Balaban J connectivity index is 1.97. The van der Waals surface area contributed by atoms with Gasteiger partial charge in [-0.2, -0.15) is 0 Å². The Morgan fingerprint density at radius 3 is 2.48 bits per heavy atom. The summed E-state index contributed by atoms with van der Waals surface area (Å²) in [5, 5.41) is 21.0. The minimum atomic E-state index is -1.07. The van der Waals surface area contributed by atoms with Crippen molar-refractivity contribution in [1.82, 2.24) is 5.32 Å². The summed E-state index contributed by atoms with van der Waals surface area (Å²) >= 11 is 0. The largest absolute Gasteiger partial charge is 0.508 e. The number of phenols is 1. The lowest BCUT2D eigenvalue weighted by atomic mass is 10.0. The van der Waals surface area contributed by atoms with Crippen molar-refractivity contribution >= 4 is 11.9 Å². The third-order valence-corrected chi connectivity index (χ3v) is 3.83. The summed E-state index contributed by atoms with van der Waals surface area (Å²) < 4.78 is 0. The van der Waals surface area contributed by atoms with Gasteiger partial charge in [0, 0.05) is 18.4 Å². The summed E-state index contributed by atoms with van der Waals surface area (Å²) in [5.74, 6) is -1.39. The van der Waals surface area contributed by atoms with E-state index in [0.717, 1.165) is 12.0 Å². The van der Waals surface area contributed by atoms with Crippen molar-refractivity contribution in [3.05, 3.63) is 29.8 Å². The molecule has 0 radical (unpaired) electrons. The molecule has 1 fully saturated rings. The lowest BCUT2D eigenvalue weighted by molar-refractivity contribution is -0.142. The molecule has 21 heavy (non-hydrogen) atoms. The first-order valence-electron chi connectivity index (χ1n) is 7.02. The number of amides is 1. The van der Waals surface area contributed by atoms with E-state index in [9.17, 15) is 19.8 Å². The quantitative estimate of drug-likeness (QED) is 0.636. The number of phenolic OH excluding ortho intramolecular Hbond substituents is 1. The average Bonchev–Trinajstić information content (AvgIpc) is 2.87. The van der Waals surface area contributed by atoms with Gasteiger partial charge in [0.15, 0.2) is 0 Å². The number of nitrogens with one attached hydrogen (secondary N) is 1. The minimum Gasteiger partial charge on any atom is -0.508 e. The fourth-order valence-electron chi connectivity index (χ4n) is 2.61. The van der Waals surface area contributed by atoms with Gasteiger partial charge in [-0.1, -0.05) is 12.1 Å². The fourth-order valence-corrected chi connectivity index (χ4v) is 2.61. The highest BCUT2D eigenvalue weighted by Crippen LogP contribution is 2.24. The van der Waals surface area contributed by atoms with Gasteiger partial charge in [-0.25, -0.2) is 4.79 Å². The number of carbonyl (C=O) groups is 2. The van der Waals surface area contributed by atoms with Crippen LogP contribution in [0.1, 0.15) is 24.8 Å². The molecule has 0 aromatic heterocycles. The zero-order chi connectivity index (χ0) is 15.4. The normalized spacial score (nSPS) is 22.7. The maximum Gasteiger partial charge on any atom is 0.326 e. The third kappa shape index (κ3) is 4.19. The zero-order valence-electron chi connectivity index (χ0n) is 11.7. The number of aliphatic carboxylic acids is 1. The molecule has 1 aromatic carbocycles. The molecule has 1 saturated carbocycles. The van der Waals surface area contributed by atoms with Crippen molar-refractivity contribution in [2.45, 2.75) is 37.8 Å². The van der Waals surface area contributed by atoms with Gasteiger partial charge in [-0.15, -0.1) is 0 Å². The van der Waals surface area contributed by atoms with Crippen molar-refractivity contribution in [1.29, 1.82) is 0 Å². The van der Waals surface area contributed by atoms with E-state index in [1.165, 1.54) is 12.1 Å². The highest BCUT2D eigenvalue weighted by molar-refractivity contribution is 5.85. The molecule has 0 aliphatic heterocycles. The van der Waals surface area contributed by atoms with Crippen molar-refractivity contribution in [2.24, 2.45) is 11.7 Å². The molecular formula is C15H20N2O4. The lowest BCUT2D eigenvalue weighted by Crippen LogP contribution is -2.44. The second kappa shape index (κ2) is 6.58. The number of nitrogens with two attached hydrogens (primary N) is 1. The predicted molar refractivity (Wildman–Crippen MR) is 76.7 cm³/mol. The lowest BCUT2D eigenvalue weighted by Gasteiger charge is -2.17. The van der Waals surface area contributed by atoms with Gasteiger partial charge >= 0.3 is 5.97 Å². The fraction of sp³-hybridized carbons (Fsp3) is 0.467. The number of rotatable bonds is 5. The second-order valence-electron chi connectivity index (χ2n) is 5.54. The molecule has 1 aliphatic rings. The van der Waals surface area contributed by atoms with Gasteiger partial charge in [0.05, 0.1) is 0 Å². The molecule has 3 unspecified atom stereocenters. The van der Waals surface area contributed by atoms with Crippen LogP contribution in [0.5, 0.6) is 5.75 Å². The molecule has 1 amide bonds. The minimum absolute atomic E-state index is 0.0288. The summed E-state index contributed by atoms with van der Waals surface area (Å²) in [6, 6.07) is 5.32. The smallest absolute Gasteiger partial charge is 0.326 e. The molecule has 114 valence electrons. The molecule has 0 heterocycles. The molecule has 5 N–H and O–H groups in total. The maximum absolute atomic E-state index is 12.1. The van der Waals surface area contributed by atoms with Gasteiger partial charge in [-0.05, 0) is 37.0 Å². The molecule has 3 atom stereocenters. The van der Waals surface area contributed by atoms with Crippen LogP contribution in [0, 0.1) is 5.92 Å². The summed E-state index contributed by atoms with van der Waals surface area (Å²) in [4.78, 5) is 23.4. The summed E-state index contributed by atoms with van der Waals surface area (Å²) in [7, 11) is 0. The highest BCUT2D eigenvalue weighted by atomic mass is 16.4. The van der Waals surface area contributed by atoms with Crippen molar-refractivity contribution in [3.8, 4) is 5.75 Å². The third-order valence-electron chi connectivity index (χ3n) is 3.83. The molecule has 6 heteroatoms. The monoisotopic (exact) mass is 292 g/mol. The summed E-state index contributed by atoms with van der Waals surface area (Å²) in [6.07, 6.45) is 2.30. The Bertz CT molecular complexity index is 515. The molecule has 1 aromatic rings.